The minimum atomic E-state index is -2.25. The maximum atomic E-state index is 17.4. The van der Waals surface area contributed by atoms with E-state index in [0.29, 0.717) is 17.1 Å². The Labute approximate surface area is 248 Å². The summed E-state index contributed by atoms with van der Waals surface area (Å²) in [7, 11) is 0. The number of hydrogen-bond acceptors (Lipinski definition) is 7. The van der Waals surface area contributed by atoms with Gasteiger partial charge in [-0.25, -0.2) is 8.78 Å². The number of ketones is 1. The molecule has 3 saturated carbocycles. The van der Waals surface area contributed by atoms with E-state index >= 15 is 8.78 Å². The van der Waals surface area contributed by atoms with Gasteiger partial charge in [-0.1, -0.05) is 36.4 Å². The first-order chi connectivity index (χ1) is 19.4. The number of rotatable bonds is 5. The number of benzene rings is 1. The molecule has 0 heterocycles. The van der Waals surface area contributed by atoms with Crippen LogP contribution in [0, 0.1) is 58.7 Å². The van der Waals surface area contributed by atoms with Crippen LogP contribution in [0.4, 0.5) is 14.5 Å². The van der Waals surface area contributed by atoms with Gasteiger partial charge >= 0.3 is 0 Å². The van der Waals surface area contributed by atoms with E-state index in [1.807, 2.05) is 13.0 Å². The quantitative estimate of drug-likeness (QED) is 0.328. The van der Waals surface area contributed by atoms with E-state index in [4.69, 9.17) is 16.9 Å². The summed E-state index contributed by atoms with van der Waals surface area (Å²) in [5, 5.41) is 32.8. The molecular weight excluding hydrogens is 570 g/mol. The molecule has 1 unspecified atom stereocenters. The number of halogens is 3. The minimum Gasteiger partial charge on any atom is -0.390 e. The molecule has 41 heavy (non-hydrogen) atoms. The molecule has 6 nitrogen and oxygen atoms in total. The SMILES string of the molecule is C#C.C[C@]12C[C@H](O)[C@@]3(F)[C@@H](C[C@H](F)C4=CC(=O)C=C[C@@]43C)C1C[C@@H](CN(O)c1ccc(Cl)cc1)[C@@H]2C(=O)SCC#N. The smallest absolute Gasteiger partial charge is 0.193 e. The van der Waals surface area contributed by atoms with Crippen LogP contribution in [0.1, 0.15) is 33.1 Å². The lowest BCUT2D eigenvalue weighted by Gasteiger charge is -2.62. The second-order valence-corrected chi connectivity index (χ2v) is 13.2. The zero-order valence-corrected chi connectivity index (χ0v) is 24.4. The van der Waals surface area contributed by atoms with E-state index in [1.54, 1.807) is 31.2 Å². The van der Waals surface area contributed by atoms with Gasteiger partial charge in [-0.3, -0.25) is 19.9 Å². The maximum absolute atomic E-state index is 17.4. The molecule has 0 bridgehead atoms. The van der Waals surface area contributed by atoms with Crippen LogP contribution in [0.2, 0.25) is 5.02 Å². The van der Waals surface area contributed by atoms with Crippen LogP contribution in [0.3, 0.4) is 0 Å². The number of carbonyl (C=O) groups is 2. The summed E-state index contributed by atoms with van der Waals surface area (Å²) >= 11 is 6.86. The van der Waals surface area contributed by atoms with Gasteiger partial charge < -0.3 is 5.11 Å². The highest BCUT2D eigenvalue weighted by molar-refractivity contribution is 8.13. The second kappa shape index (κ2) is 11.5. The number of carbonyl (C=O) groups excluding carboxylic acids is 2. The molecule has 3 fully saturated rings. The predicted octanol–water partition coefficient (Wildman–Crippen LogP) is 5.73. The molecule has 1 aromatic rings. The Morgan fingerprint density at radius 3 is 2.54 bits per heavy atom. The number of aliphatic hydroxyl groups is 1. The molecule has 1 aromatic carbocycles. The first-order valence-electron chi connectivity index (χ1n) is 13.4. The van der Waals surface area contributed by atoms with E-state index in [0.717, 1.165) is 22.9 Å². The van der Waals surface area contributed by atoms with Gasteiger partial charge in [0.05, 0.1) is 23.6 Å². The van der Waals surface area contributed by atoms with Crippen LogP contribution >= 0.6 is 23.4 Å². The van der Waals surface area contributed by atoms with Gasteiger partial charge in [-0.05, 0) is 85.4 Å². The van der Waals surface area contributed by atoms with E-state index in [1.165, 1.54) is 12.2 Å². The number of allylic oxidation sites excluding steroid dienone is 4. The minimum absolute atomic E-state index is 0.0430. The molecule has 0 aromatic heterocycles. The molecule has 0 saturated heterocycles. The topological polar surface area (TPSA) is 102 Å². The maximum Gasteiger partial charge on any atom is 0.193 e. The number of fused-ring (bicyclic) bond motifs is 5. The van der Waals surface area contributed by atoms with Crippen molar-refractivity contribution in [3.8, 4) is 18.9 Å². The molecule has 10 heteroatoms. The molecule has 0 radical (unpaired) electrons. The standard InChI is InChI=1S/C29H31ClF2N2O4S.C2H2/c1-27-14-24(36)29(32)21(13-23(31)22-12-19(35)7-8-28(22,29)2)20(27)11-16(25(27)26(37)39-10-9-33)15-34(38)18-5-3-17(30)4-6-18;1-2/h3-8,12,16,20-21,23-25,36,38H,10-11,13-15H2,1-2H3;1-2H/t16-,20?,21-,23-,24-,25+,27-,28-,29-;/m0./s1. The van der Waals surface area contributed by atoms with Crippen molar-refractivity contribution in [2.75, 3.05) is 17.4 Å². The first kappa shape index (κ1) is 31.3. The highest BCUT2D eigenvalue weighted by Gasteiger charge is 2.73. The molecule has 0 amide bonds. The number of nitriles is 1. The fourth-order valence-electron chi connectivity index (χ4n) is 8.16. The lowest BCUT2D eigenvalue weighted by Crippen LogP contribution is -2.68. The predicted molar refractivity (Wildman–Crippen MR) is 155 cm³/mol. The summed E-state index contributed by atoms with van der Waals surface area (Å²) in [6, 6.07) is 8.52. The van der Waals surface area contributed by atoms with Crippen molar-refractivity contribution in [2.45, 2.75) is 51.1 Å². The Morgan fingerprint density at radius 1 is 1.24 bits per heavy atom. The summed E-state index contributed by atoms with van der Waals surface area (Å²) in [4.78, 5) is 25.6. The van der Waals surface area contributed by atoms with Gasteiger partial charge in [0.1, 0.15) is 6.17 Å². The fourth-order valence-corrected chi connectivity index (χ4v) is 9.14. The van der Waals surface area contributed by atoms with Crippen molar-refractivity contribution >= 4 is 39.9 Å². The summed E-state index contributed by atoms with van der Waals surface area (Å²) in [6.45, 7) is 3.44. The van der Waals surface area contributed by atoms with Crippen molar-refractivity contribution in [1.82, 2.24) is 0 Å². The third-order valence-electron chi connectivity index (χ3n) is 9.87. The number of aliphatic hydroxyl groups excluding tert-OH is 1. The van der Waals surface area contributed by atoms with Crippen LogP contribution in [0.15, 0.2) is 48.1 Å². The van der Waals surface area contributed by atoms with Crippen molar-refractivity contribution < 1.29 is 28.7 Å². The molecule has 218 valence electrons. The highest BCUT2D eigenvalue weighted by Crippen LogP contribution is 2.70. The third-order valence-corrected chi connectivity index (χ3v) is 10.9. The highest BCUT2D eigenvalue weighted by atomic mass is 35.5. The summed E-state index contributed by atoms with van der Waals surface area (Å²) in [5.74, 6) is -3.01. The normalized spacial score (nSPS) is 38.7. The molecule has 0 aliphatic heterocycles. The lowest BCUT2D eigenvalue weighted by atomic mass is 9.45. The number of hydrogen-bond donors (Lipinski definition) is 2. The average molecular weight is 603 g/mol. The summed E-state index contributed by atoms with van der Waals surface area (Å²) < 4.78 is 33.1. The van der Waals surface area contributed by atoms with Crippen molar-refractivity contribution in [3.05, 3.63) is 53.1 Å². The van der Waals surface area contributed by atoms with E-state index < -0.39 is 58.2 Å². The molecule has 4 aliphatic rings. The third kappa shape index (κ3) is 4.91. The zero-order valence-electron chi connectivity index (χ0n) is 22.8. The van der Waals surface area contributed by atoms with Crippen LogP contribution in [-0.4, -0.2) is 51.5 Å². The molecular formula is C31H33ClF2N2O4S. The van der Waals surface area contributed by atoms with Gasteiger partial charge in [0.2, 0.25) is 0 Å². The number of thioether (sulfide) groups is 1. The monoisotopic (exact) mass is 602 g/mol. The van der Waals surface area contributed by atoms with Gasteiger partial charge in [0, 0.05) is 28.8 Å². The number of nitrogens with zero attached hydrogens (tertiary/aromatic N) is 2. The largest absolute Gasteiger partial charge is 0.390 e. The molecule has 4 aliphatic carbocycles. The Kier molecular flexibility index (Phi) is 8.79. The Balaban J connectivity index is 0.00000189. The van der Waals surface area contributed by atoms with Gasteiger partial charge in [0.25, 0.3) is 0 Å². The Bertz CT molecular complexity index is 1330. The average Bonchev–Trinajstić information content (AvgIpc) is 3.22. The van der Waals surface area contributed by atoms with Crippen LogP contribution in [0.25, 0.3) is 0 Å². The number of hydroxylamine groups is 1. The fraction of sp³-hybridized carbons (Fsp3) is 0.516. The molecule has 9 atom stereocenters. The van der Waals surface area contributed by atoms with Gasteiger partial charge in [0.15, 0.2) is 16.6 Å². The van der Waals surface area contributed by atoms with Gasteiger partial charge in [-0.15, -0.1) is 12.8 Å². The van der Waals surface area contributed by atoms with E-state index in [9.17, 15) is 19.9 Å². The van der Waals surface area contributed by atoms with Crippen molar-refractivity contribution in [2.24, 2.45) is 34.5 Å². The summed E-state index contributed by atoms with van der Waals surface area (Å²) in [5.41, 5.74) is -4.14. The molecule has 0 spiro atoms. The first-order valence-corrected chi connectivity index (χ1v) is 14.8. The number of terminal acetylenes is 1. The van der Waals surface area contributed by atoms with Crippen molar-refractivity contribution in [3.63, 3.8) is 0 Å². The van der Waals surface area contributed by atoms with Crippen LogP contribution in [0.5, 0.6) is 0 Å². The Hall–Kier alpha value is -2.69. The van der Waals surface area contributed by atoms with Crippen LogP contribution < -0.4 is 5.06 Å². The Morgan fingerprint density at radius 2 is 1.90 bits per heavy atom. The van der Waals surface area contributed by atoms with Crippen LogP contribution in [-0.2, 0) is 9.59 Å². The van der Waals surface area contributed by atoms with E-state index in [-0.39, 0.29) is 35.8 Å². The van der Waals surface area contributed by atoms with E-state index in [2.05, 4.69) is 12.8 Å². The zero-order chi connectivity index (χ0) is 30.3. The van der Waals surface area contributed by atoms with Crippen molar-refractivity contribution in [1.29, 1.82) is 5.26 Å². The number of alkyl halides is 2. The lowest BCUT2D eigenvalue weighted by molar-refractivity contribution is -0.201. The number of anilines is 1. The summed E-state index contributed by atoms with van der Waals surface area (Å²) in [6.07, 6.45) is 8.77. The second-order valence-electron chi connectivity index (χ2n) is 11.7. The molecule has 5 rings (SSSR count). The molecule has 2 N–H and O–H groups in total. The van der Waals surface area contributed by atoms with Gasteiger partial charge in [-0.2, -0.15) is 5.26 Å².